The predicted molar refractivity (Wildman–Crippen MR) is 119 cm³/mol. The Labute approximate surface area is 197 Å². The molecule has 0 aliphatic heterocycles. The molecule has 0 atom stereocenters. The lowest BCUT2D eigenvalue weighted by Gasteiger charge is -2.12. The van der Waals surface area contributed by atoms with E-state index in [1.165, 1.54) is 40.2 Å². The zero-order valence-corrected chi connectivity index (χ0v) is 20.9. The molecule has 0 saturated carbocycles. The highest BCUT2D eigenvalue weighted by Gasteiger charge is 2.22. The number of methoxy groups -OCH3 is 2. The third-order valence-electron chi connectivity index (χ3n) is 4.42. The summed E-state index contributed by atoms with van der Waals surface area (Å²) in [7, 11) is -10.8. The third-order valence-corrected chi connectivity index (χ3v) is 7.69. The van der Waals surface area contributed by atoms with E-state index in [1.54, 1.807) is 0 Å². The van der Waals surface area contributed by atoms with E-state index in [0.29, 0.717) is 0 Å². The molecule has 34 heavy (non-hydrogen) atoms. The van der Waals surface area contributed by atoms with E-state index in [2.05, 4.69) is 14.4 Å². The molecule has 0 heterocycles. The second-order valence-electron chi connectivity index (χ2n) is 6.82. The molecule has 0 bridgehead atoms. The number of benzene rings is 2. The molecule has 0 amide bonds. The minimum atomic E-state index is -4.79. The Bertz CT molecular complexity index is 1430. The highest BCUT2D eigenvalue weighted by atomic mass is 32.3. The van der Waals surface area contributed by atoms with Gasteiger partial charge in [0.15, 0.2) is 9.84 Å². The Hall–Kier alpha value is -2.63. The largest absolute Gasteiger partial charge is 0.494 e. The maximum Gasteiger partial charge on any atom is 0.397 e. The number of nitrogens with zero attached hydrogens (tertiary/aromatic N) is 2. The number of hydrogen-bond acceptors (Lipinski definition) is 11. The summed E-state index contributed by atoms with van der Waals surface area (Å²) in [5.41, 5.74) is 0.499. The summed E-state index contributed by atoms with van der Waals surface area (Å²) in [6.07, 6.45) is 0. The number of azo groups is 1. The van der Waals surface area contributed by atoms with Crippen LogP contribution in [-0.2, 0) is 34.5 Å². The number of hydrogen-bond donors (Lipinski definition) is 2. The maximum absolute atomic E-state index is 12.6. The predicted octanol–water partition coefficient (Wildman–Crippen LogP) is 2.58. The van der Waals surface area contributed by atoms with E-state index in [1.807, 2.05) is 0 Å². The summed E-state index contributed by atoms with van der Waals surface area (Å²) < 4.78 is 102. The van der Waals surface area contributed by atoms with Crippen LogP contribution in [0.1, 0.15) is 11.1 Å². The Morgan fingerprint density at radius 1 is 0.765 bits per heavy atom. The molecular formula is C18H22N2O11S3. The van der Waals surface area contributed by atoms with E-state index in [0.717, 1.165) is 12.1 Å². The summed E-state index contributed by atoms with van der Waals surface area (Å²) in [4.78, 5) is -0.581. The molecule has 0 radical (unpaired) electrons. The lowest BCUT2D eigenvalue weighted by Crippen LogP contribution is -2.16. The molecule has 0 aliphatic carbocycles. The Balaban J connectivity index is 2.48. The highest BCUT2D eigenvalue weighted by Crippen LogP contribution is 2.37. The minimum absolute atomic E-state index is 0.00953. The fourth-order valence-corrected chi connectivity index (χ4v) is 5.35. The van der Waals surface area contributed by atoms with Crippen molar-refractivity contribution >= 4 is 41.7 Å². The molecule has 2 rings (SSSR count). The van der Waals surface area contributed by atoms with E-state index in [4.69, 9.17) is 14.0 Å². The van der Waals surface area contributed by atoms with Crippen molar-refractivity contribution in [1.82, 2.24) is 0 Å². The van der Waals surface area contributed by atoms with Crippen LogP contribution in [0, 0.1) is 13.8 Å². The van der Waals surface area contributed by atoms with E-state index in [9.17, 15) is 29.8 Å². The van der Waals surface area contributed by atoms with Gasteiger partial charge in [0.25, 0.3) is 10.1 Å². The van der Waals surface area contributed by atoms with Gasteiger partial charge >= 0.3 is 10.4 Å². The average molecular weight is 539 g/mol. The van der Waals surface area contributed by atoms with E-state index in [-0.39, 0.29) is 43.8 Å². The van der Waals surface area contributed by atoms with Gasteiger partial charge in [0.05, 0.1) is 36.4 Å². The summed E-state index contributed by atoms with van der Waals surface area (Å²) in [6, 6.07) is 4.91. The first kappa shape index (κ1) is 27.6. The van der Waals surface area contributed by atoms with Gasteiger partial charge in [0.1, 0.15) is 22.9 Å². The van der Waals surface area contributed by atoms with Crippen molar-refractivity contribution in [2.75, 3.05) is 26.6 Å². The molecule has 2 aromatic rings. The van der Waals surface area contributed by atoms with Gasteiger partial charge in [-0.2, -0.15) is 16.8 Å². The van der Waals surface area contributed by atoms with Gasteiger partial charge in [0.2, 0.25) is 0 Å². The smallest absolute Gasteiger partial charge is 0.397 e. The summed E-state index contributed by atoms with van der Waals surface area (Å²) in [5.74, 6) is -0.580. The van der Waals surface area contributed by atoms with Crippen LogP contribution in [0.15, 0.2) is 44.3 Å². The van der Waals surface area contributed by atoms with Crippen molar-refractivity contribution in [1.29, 1.82) is 0 Å². The molecule has 16 heteroatoms. The third kappa shape index (κ3) is 6.94. The Morgan fingerprint density at radius 2 is 1.26 bits per heavy atom. The maximum atomic E-state index is 12.6. The van der Waals surface area contributed by atoms with Crippen LogP contribution in [0.3, 0.4) is 0 Å². The lowest BCUT2D eigenvalue weighted by atomic mass is 10.2. The van der Waals surface area contributed by atoms with Crippen molar-refractivity contribution in [3.63, 3.8) is 0 Å². The fraction of sp³-hybridized carbons (Fsp3) is 0.333. The van der Waals surface area contributed by atoms with E-state index >= 15 is 0 Å². The van der Waals surface area contributed by atoms with Gasteiger partial charge in [0, 0.05) is 6.07 Å². The Morgan fingerprint density at radius 3 is 1.76 bits per heavy atom. The van der Waals surface area contributed by atoms with Gasteiger partial charge < -0.3 is 9.47 Å². The molecule has 0 saturated heterocycles. The minimum Gasteiger partial charge on any atom is -0.494 e. The van der Waals surface area contributed by atoms with Crippen molar-refractivity contribution in [2.24, 2.45) is 10.2 Å². The molecule has 0 aromatic heterocycles. The van der Waals surface area contributed by atoms with Gasteiger partial charge in [-0.3, -0.25) is 9.11 Å². The van der Waals surface area contributed by atoms with Crippen LogP contribution in [0.5, 0.6) is 11.5 Å². The van der Waals surface area contributed by atoms with E-state index < -0.39 is 42.7 Å². The molecule has 2 N–H and O–H groups in total. The fourth-order valence-electron chi connectivity index (χ4n) is 2.87. The summed E-state index contributed by atoms with van der Waals surface area (Å²) in [6.45, 7) is 2.12. The topological polar surface area (TPSA) is 195 Å². The molecule has 188 valence electrons. The zero-order valence-electron chi connectivity index (χ0n) is 18.4. The molecule has 0 fully saturated rings. The SMILES string of the molecule is COc1cc(C)c(S(=O)(=O)O)cc1N=Nc1cc(C)c(S(=O)(=O)CCOS(=O)(=O)O)cc1OC. The standard InChI is InChI=1S/C18H22N2O11S3/c1-11-7-13(16(30-4)10-17(11)32(21,22)6-5-31-34(26,27)28)19-20-14-9-18(33(23,24)25)12(2)8-15(14)29-3/h7-10H,5-6H2,1-4H3,(H,23,24,25)(H,26,27,28). The normalized spacial score (nSPS) is 12.8. The second-order valence-corrected chi connectivity index (χ2v) is 11.4. The number of aryl methyl sites for hydroxylation is 2. The van der Waals surface area contributed by atoms with Gasteiger partial charge in [-0.15, -0.1) is 10.2 Å². The summed E-state index contributed by atoms with van der Waals surface area (Å²) in [5, 5.41) is 7.96. The first-order valence-electron chi connectivity index (χ1n) is 9.20. The van der Waals surface area contributed by atoms with Crippen LogP contribution < -0.4 is 9.47 Å². The monoisotopic (exact) mass is 538 g/mol. The van der Waals surface area contributed by atoms with Crippen LogP contribution in [0.2, 0.25) is 0 Å². The number of rotatable bonds is 10. The van der Waals surface area contributed by atoms with Gasteiger partial charge in [-0.25, -0.2) is 12.6 Å². The summed E-state index contributed by atoms with van der Waals surface area (Å²) >= 11 is 0. The first-order chi connectivity index (χ1) is 15.6. The lowest BCUT2D eigenvalue weighted by molar-refractivity contribution is 0.284. The van der Waals surface area contributed by atoms with Crippen LogP contribution in [0.4, 0.5) is 11.4 Å². The second kappa shape index (κ2) is 10.3. The highest BCUT2D eigenvalue weighted by molar-refractivity contribution is 7.91. The molecule has 0 unspecified atom stereocenters. The van der Waals surface area contributed by atoms with Crippen molar-refractivity contribution < 1.29 is 48.0 Å². The van der Waals surface area contributed by atoms with Gasteiger partial charge in [-0.05, 0) is 43.2 Å². The molecule has 13 nitrogen and oxygen atoms in total. The number of sulfone groups is 1. The molecule has 0 aliphatic rings. The van der Waals surface area contributed by atoms with Crippen molar-refractivity contribution in [3.8, 4) is 11.5 Å². The molecule has 0 spiro atoms. The van der Waals surface area contributed by atoms with Gasteiger partial charge in [-0.1, -0.05) is 0 Å². The average Bonchev–Trinajstić information content (AvgIpc) is 2.70. The van der Waals surface area contributed by atoms with Crippen LogP contribution >= 0.6 is 0 Å². The molecule has 2 aromatic carbocycles. The zero-order chi connectivity index (χ0) is 25.9. The van der Waals surface area contributed by atoms with Crippen LogP contribution in [0.25, 0.3) is 0 Å². The number of ether oxygens (including phenoxy) is 2. The Kier molecular flexibility index (Phi) is 8.39. The van der Waals surface area contributed by atoms with Crippen LogP contribution in [-0.4, -0.2) is 60.9 Å². The first-order valence-corrected chi connectivity index (χ1v) is 13.7. The van der Waals surface area contributed by atoms with Crippen molar-refractivity contribution in [3.05, 3.63) is 35.4 Å². The van der Waals surface area contributed by atoms with Crippen molar-refractivity contribution in [2.45, 2.75) is 23.6 Å². The quantitative estimate of drug-likeness (QED) is 0.333. The molecular weight excluding hydrogens is 516 g/mol.